The van der Waals surface area contributed by atoms with Crippen molar-refractivity contribution >= 4 is 6.41 Å². The predicted octanol–water partition coefficient (Wildman–Crippen LogP) is 3.15. The Labute approximate surface area is 205 Å². The van der Waals surface area contributed by atoms with Crippen LogP contribution in [0.15, 0.2) is 48.8 Å². The number of nitrogens with one attached hydrogen (secondary N) is 1. The van der Waals surface area contributed by atoms with Gasteiger partial charge in [-0.25, -0.2) is 9.97 Å². The normalized spacial score (nSPS) is 23.4. The molecule has 5 rings (SSSR count). The summed E-state index contributed by atoms with van der Waals surface area (Å²) >= 11 is 0. The Morgan fingerprint density at radius 2 is 1.83 bits per heavy atom. The summed E-state index contributed by atoms with van der Waals surface area (Å²) in [6, 6.07) is 9.48. The van der Waals surface area contributed by atoms with Gasteiger partial charge in [0.2, 0.25) is 6.41 Å². The Morgan fingerprint density at radius 3 is 2.50 bits per heavy atom. The zero-order chi connectivity index (χ0) is 25.1. The molecule has 0 spiro atoms. The number of ether oxygens (including phenoxy) is 2. The minimum absolute atomic E-state index is 0.0999. The van der Waals surface area contributed by atoms with Crippen molar-refractivity contribution in [3.05, 3.63) is 60.0 Å². The molecule has 1 aromatic carbocycles. The summed E-state index contributed by atoms with van der Waals surface area (Å²) < 4.78 is 47.3. The van der Waals surface area contributed by atoms with E-state index in [0.717, 1.165) is 17.7 Å². The van der Waals surface area contributed by atoms with Crippen molar-refractivity contribution in [2.45, 2.75) is 30.8 Å². The molecule has 2 aliphatic rings. The molecule has 2 aromatic heterocycles. The van der Waals surface area contributed by atoms with Gasteiger partial charge in [-0.05, 0) is 36.2 Å². The molecule has 1 amide bonds. The van der Waals surface area contributed by atoms with Crippen molar-refractivity contribution in [3.8, 4) is 17.3 Å². The maximum absolute atomic E-state index is 12.6. The number of hydrogen-bond acceptors (Lipinski definition) is 7. The molecule has 0 bridgehead atoms. The van der Waals surface area contributed by atoms with Crippen molar-refractivity contribution in [2.75, 3.05) is 32.8 Å². The van der Waals surface area contributed by atoms with Gasteiger partial charge in [-0.1, -0.05) is 12.1 Å². The highest BCUT2D eigenvalue weighted by molar-refractivity contribution is 5.51. The number of rotatable bonds is 6. The Kier molecular flexibility index (Phi) is 6.88. The minimum atomic E-state index is -4.75. The lowest BCUT2D eigenvalue weighted by molar-refractivity contribution is -0.274. The first-order valence-electron chi connectivity index (χ1n) is 11.6. The average molecular weight is 502 g/mol. The van der Waals surface area contributed by atoms with Crippen LogP contribution in [0.5, 0.6) is 5.75 Å². The number of carbonyl (C=O) groups excluding carboxylic acids is 1. The van der Waals surface area contributed by atoms with Crippen molar-refractivity contribution < 1.29 is 27.4 Å². The molecule has 12 heteroatoms. The molecule has 0 aliphatic carbocycles. The fourth-order valence-corrected chi connectivity index (χ4v) is 5.05. The highest BCUT2D eigenvalue weighted by atomic mass is 19.4. The Balaban J connectivity index is 1.45. The average Bonchev–Trinajstić information content (AvgIpc) is 3.39. The van der Waals surface area contributed by atoms with Crippen molar-refractivity contribution in [2.24, 2.45) is 0 Å². The Hall–Kier alpha value is -3.51. The number of piperidine rings is 1. The smallest absolute Gasteiger partial charge is 0.406 e. The number of morpholine rings is 1. The molecular formula is C24H25F3N6O3. The number of carbonyl (C=O) groups is 1. The van der Waals surface area contributed by atoms with Gasteiger partial charge in [0.05, 0.1) is 19.4 Å². The summed E-state index contributed by atoms with van der Waals surface area (Å²) in [6.07, 6.45) is -0.187. The molecule has 36 heavy (non-hydrogen) atoms. The van der Waals surface area contributed by atoms with Crippen LogP contribution in [0.25, 0.3) is 11.5 Å². The van der Waals surface area contributed by atoms with Crippen LogP contribution in [0.3, 0.4) is 0 Å². The van der Waals surface area contributed by atoms with E-state index in [1.165, 1.54) is 12.1 Å². The Bertz CT molecular complexity index is 1150. The van der Waals surface area contributed by atoms with Crippen LogP contribution >= 0.6 is 0 Å². The van der Waals surface area contributed by atoms with Gasteiger partial charge in [0.25, 0.3) is 0 Å². The van der Waals surface area contributed by atoms with Crippen LogP contribution in [0.1, 0.15) is 29.5 Å². The number of aromatic amines is 1. The maximum atomic E-state index is 12.6. The summed E-state index contributed by atoms with van der Waals surface area (Å²) in [5.74, 6) is -0.0267. The van der Waals surface area contributed by atoms with Crippen LogP contribution < -0.4 is 4.74 Å². The molecule has 9 nitrogen and oxygen atoms in total. The first-order valence-corrected chi connectivity index (χ1v) is 11.6. The largest absolute Gasteiger partial charge is 0.573 e. The second-order valence-corrected chi connectivity index (χ2v) is 8.80. The van der Waals surface area contributed by atoms with Gasteiger partial charge in [0.15, 0.2) is 5.82 Å². The number of H-pyrrole nitrogens is 1. The number of likely N-dealkylation sites (tertiary alicyclic amines) is 1. The fraction of sp³-hybridized carbons (Fsp3) is 0.417. The van der Waals surface area contributed by atoms with Crippen LogP contribution in [0, 0.1) is 0 Å². The van der Waals surface area contributed by atoms with E-state index < -0.39 is 6.36 Å². The summed E-state index contributed by atoms with van der Waals surface area (Å²) in [5, 5.41) is 7.53. The summed E-state index contributed by atoms with van der Waals surface area (Å²) in [4.78, 5) is 24.8. The number of nitrogens with zero attached hydrogens (tertiary/aromatic N) is 5. The number of amides is 1. The van der Waals surface area contributed by atoms with Gasteiger partial charge in [-0.2, -0.15) is 5.10 Å². The van der Waals surface area contributed by atoms with E-state index >= 15 is 0 Å². The van der Waals surface area contributed by atoms with Crippen molar-refractivity contribution in [1.29, 1.82) is 0 Å². The summed E-state index contributed by atoms with van der Waals surface area (Å²) in [7, 11) is 0. The number of benzene rings is 1. The molecule has 0 radical (unpaired) electrons. The van der Waals surface area contributed by atoms with Gasteiger partial charge in [-0.15, -0.1) is 13.2 Å². The summed E-state index contributed by atoms with van der Waals surface area (Å²) in [5.41, 5.74) is 2.26. The SMILES string of the molecule is O=CN1CC(c2ccc(OC(F)(F)F)cc2)CC(c2cc(-c3ncccn3)n[nH]2)C1N1CCOCC1. The third-order valence-corrected chi connectivity index (χ3v) is 6.60. The predicted molar refractivity (Wildman–Crippen MR) is 122 cm³/mol. The van der Waals surface area contributed by atoms with Gasteiger partial charge in [0, 0.05) is 49.6 Å². The lowest BCUT2D eigenvalue weighted by Crippen LogP contribution is -2.58. The van der Waals surface area contributed by atoms with Crippen LogP contribution in [-0.4, -0.2) is 81.8 Å². The third kappa shape index (κ3) is 5.34. The van der Waals surface area contributed by atoms with Crippen LogP contribution in [0.4, 0.5) is 13.2 Å². The molecule has 1 N–H and O–H groups in total. The molecule has 2 aliphatic heterocycles. The Morgan fingerprint density at radius 1 is 1.11 bits per heavy atom. The lowest BCUT2D eigenvalue weighted by Gasteiger charge is -2.48. The van der Waals surface area contributed by atoms with Gasteiger partial charge < -0.3 is 14.4 Å². The molecule has 3 atom stereocenters. The number of alkyl halides is 3. The molecule has 3 aromatic rings. The van der Waals surface area contributed by atoms with Gasteiger partial charge in [-0.3, -0.25) is 14.8 Å². The van der Waals surface area contributed by atoms with E-state index in [2.05, 4.69) is 29.8 Å². The van der Waals surface area contributed by atoms with E-state index in [1.54, 1.807) is 35.5 Å². The van der Waals surface area contributed by atoms with E-state index in [1.807, 2.05) is 6.07 Å². The number of hydrogen-bond donors (Lipinski definition) is 1. The van der Waals surface area contributed by atoms with Crippen molar-refractivity contribution in [3.63, 3.8) is 0 Å². The van der Waals surface area contributed by atoms with E-state index in [9.17, 15) is 18.0 Å². The first kappa shape index (κ1) is 24.2. The number of halogens is 3. The van der Waals surface area contributed by atoms with Crippen molar-refractivity contribution in [1.82, 2.24) is 30.0 Å². The molecule has 2 saturated heterocycles. The van der Waals surface area contributed by atoms with Crippen LogP contribution in [0.2, 0.25) is 0 Å². The zero-order valence-corrected chi connectivity index (χ0v) is 19.3. The van der Waals surface area contributed by atoms with E-state index in [0.29, 0.717) is 50.8 Å². The minimum Gasteiger partial charge on any atom is -0.406 e. The topological polar surface area (TPSA) is 96.5 Å². The third-order valence-electron chi connectivity index (χ3n) is 6.60. The number of aromatic nitrogens is 4. The molecule has 0 saturated carbocycles. The van der Waals surface area contributed by atoms with Gasteiger partial charge >= 0.3 is 6.36 Å². The maximum Gasteiger partial charge on any atom is 0.573 e. The summed E-state index contributed by atoms with van der Waals surface area (Å²) in [6.45, 7) is 2.95. The fourth-order valence-electron chi connectivity index (χ4n) is 5.05. The van der Waals surface area contributed by atoms with Gasteiger partial charge in [0.1, 0.15) is 11.4 Å². The van der Waals surface area contributed by atoms with E-state index in [-0.39, 0.29) is 23.8 Å². The highest BCUT2D eigenvalue weighted by Crippen LogP contribution is 2.41. The zero-order valence-electron chi connectivity index (χ0n) is 19.3. The van der Waals surface area contributed by atoms with E-state index in [4.69, 9.17) is 4.74 Å². The molecule has 3 unspecified atom stereocenters. The first-order chi connectivity index (χ1) is 17.4. The molecule has 2 fully saturated rings. The monoisotopic (exact) mass is 502 g/mol. The second kappa shape index (κ2) is 10.2. The lowest BCUT2D eigenvalue weighted by atomic mass is 9.80. The molecule has 190 valence electrons. The second-order valence-electron chi connectivity index (χ2n) is 8.80. The standard InChI is InChI=1S/C24H25F3N6O3/c25-24(26,27)36-18-4-2-16(3-5-18)17-12-19(20-13-21(31-30-20)22-28-6-1-7-29-22)23(33(14-17)15-34)32-8-10-35-11-9-32/h1-7,13,15,17,19,23H,8-12,14H2,(H,30,31). The quantitative estimate of drug-likeness (QED) is 0.518. The molecule has 4 heterocycles. The highest BCUT2D eigenvalue weighted by Gasteiger charge is 2.42. The van der Waals surface area contributed by atoms with Crippen LogP contribution in [-0.2, 0) is 9.53 Å². The molecular weight excluding hydrogens is 477 g/mol.